The number of hydrogen-bond acceptors (Lipinski definition) is 1. The zero-order valence-corrected chi connectivity index (χ0v) is 8.41. The number of hydrogen-bond donors (Lipinski definition) is 0. The molecule has 0 N–H and O–H groups in total. The Balaban J connectivity index is 2.19. The van der Waals surface area contributed by atoms with Crippen LogP contribution in [0.4, 0.5) is 0 Å². The summed E-state index contributed by atoms with van der Waals surface area (Å²) in [6, 6.07) is 15.9. The normalized spacial score (nSPS) is 10.1. The van der Waals surface area contributed by atoms with Crippen LogP contribution in [0.15, 0.2) is 48.5 Å². The minimum absolute atomic E-state index is 0.554. The van der Waals surface area contributed by atoms with E-state index in [1.807, 2.05) is 30.3 Å². The number of benzene rings is 1. The Morgan fingerprint density at radius 1 is 0.929 bits per heavy atom. The van der Waals surface area contributed by atoms with Crippen LogP contribution >= 0.6 is 11.6 Å². The maximum absolute atomic E-state index is 5.80. The Morgan fingerprint density at radius 3 is 2.43 bits per heavy atom. The first kappa shape index (κ1) is 9.22. The lowest BCUT2D eigenvalue weighted by atomic mass is 10.1. The van der Waals surface area contributed by atoms with Crippen LogP contribution in [-0.2, 0) is 6.42 Å². The fraction of sp³-hybridized carbons (Fsp3) is 0.0833. The molecule has 14 heavy (non-hydrogen) atoms. The molecule has 0 aliphatic heterocycles. The first-order chi connectivity index (χ1) is 6.84. The van der Waals surface area contributed by atoms with Gasteiger partial charge in [-0.3, -0.25) is 0 Å². The van der Waals surface area contributed by atoms with E-state index >= 15 is 0 Å². The van der Waals surface area contributed by atoms with Gasteiger partial charge in [0.05, 0.1) is 0 Å². The molecule has 1 nitrogen and oxygen atoms in total. The topological polar surface area (TPSA) is 12.9 Å². The van der Waals surface area contributed by atoms with Crippen molar-refractivity contribution in [2.75, 3.05) is 0 Å². The minimum atomic E-state index is 0.554. The van der Waals surface area contributed by atoms with E-state index in [9.17, 15) is 0 Å². The Bertz CT molecular complexity index is 412. The molecule has 2 aromatic rings. The summed E-state index contributed by atoms with van der Waals surface area (Å²) in [6.45, 7) is 0. The third-order valence-electron chi connectivity index (χ3n) is 2.00. The third-order valence-corrected chi connectivity index (χ3v) is 2.21. The van der Waals surface area contributed by atoms with Crippen LogP contribution in [0.2, 0.25) is 5.15 Å². The highest BCUT2D eigenvalue weighted by Gasteiger charge is 1.97. The van der Waals surface area contributed by atoms with Crippen molar-refractivity contribution in [2.24, 2.45) is 0 Å². The van der Waals surface area contributed by atoms with Gasteiger partial charge in [-0.15, -0.1) is 0 Å². The largest absolute Gasteiger partial charge is 0.241 e. The Labute approximate surface area is 88.4 Å². The van der Waals surface area contributed by atoms with Crippen molar-refractivity contribution in [2.45, 2.75) is 6.42 Å². The summed E-state index contributed by atoms with van der Waals surface area (Å²) in [5, 5.41) is 0.554. The number of nitrogens with zero attached hydrogens (tertiary/aromatic N) is 1. The van der Waals surface area contributed by atoms with E-state index in [0.29, 0.717) is 5.15 Å². The van der Waals surface area contributed by atoms with Gasteiger partial charge in [0.25, 0.3) is 0 Å². The van der Waals surface area contributed by atoms with Gasteiger partial charge in [-0.05, 0) is 17.7 Å². The van der Waals surface area contributed by atoms with E-state index in [1.54, 1.807) is 6.07 Å². The van der Waals surface area contributed by atoms with Gasteiger partial charge < -0.3 is 0 Å². The highest BCUT2D eigenvalue weighted by atomic mass is 35.5. The first-order valence-corrected chi connectivity index (χ1v) is 4.88. The van der Waals surface area contributed by atoms with Gasteiger partial charge in [-0.1, -0.05) is 48.0 Å². The van der Waals surface area contributed by atoms with Gasteiger partial charge in [-0.25, -0.2) is 4.98 Å². The number of rotatable bonds is 2. The Morgan fingerprint density at radius 2 is 1.71 bits per heavy atom. The quantitative estimate of drug-likeness (QED) is 0.683. The summed E-state index contributed by atoms with van der Waals surface area (Å²) in [5.41, 5.74) is 2.26. The first-order valence-electron chi connectivity index (χ1n) is 4.50. The van der Waals surface area contributed by atoms with Crippen LogP contribution in [0.3, 0.4) is 0 Å². The molecule has 0 aliphatic rings. The molecule has 0 amide bonds. The molecule has 1 aromatic carbocycles. The summed E-state index contributed by atoms with van der Waals surface area (Å²) in [4.78, 5) is 4.23. The second kappa shape index (κ2) is 4.25. The molecular formula is C12H10ClN. The average molecular weight is 204 g/mol. The van der Waals surface area contributed by atoms with Crippen molar-refractivity contribution >= 4 is 11.6 Å². The van der Waals surface area contributed by atoms with Gasteiger partial charge in [-0.2, -0.15) is 0 Å². The molecule has 70 valence electrons. The molecule has 0 spiro atoms. The van der Waals surface area contributed by atoms with Crippen molar-refractivity contribution < 1.29 is 0 Å². The monoisotopic (exact) mass is 203 g/mol. The van der Waals surface area contributed by atoms with E-state index in [2.05, 4.69) is 17.1 Å². The molecular weight excluding hydrogens is 194 g/mol. The van der Waals surface area contributed by atoms with Crippen LogP contribution in [0.1, 0.15) is 11.3 Å². The molecule has 0 unspecified atom stereocenters. The molecule has 0 saturated carbocycles. The molecule has 1 aromatic heterocycles. The van der Waals surface area contributed by atoms with Gasteiger partial charge >= 0.3 is 0 Å². The SMILES string of the molecule is Clc1cccc(Cc2ccccc2)n1. The highest BCUT2D eigenvalue weighted by Crippen LogP contribution is 2.10. The van der Waals surface area contributed by atoms with Gasteiger partial charge in [0, 0.05) is 12.1 Å². The van der Waals surface area contributed by atoms with Crippen LogP contribution < -0.4 is 0 Å². The van der Waals surface area contributed by atoms with E-state index in [0.717, 1.165) is 12.1 Å². The highest BCUT2D eigenvalue weighted by molar-refractivity contribution is 6.29. The second-order valence-electron chi connectivity index (χ2n) is 3.11. The van der Waals surface area contributed by atoms with Crippen molar-refractivity contribution in [3.63, 3.8) is 0 Å². The number of halogens is 1. The Hall–Kier alpha value is -1.34. The third kappa shape index (κ3) is 2.33. The fourth-order valence-corrected chi connectivity index (χ4v) is 1.54. The predicted molar refractivity (Wildman–Crippen MR) is 58.5 cm³/mol. The maximum Gasteiger partial charge on any atom is 0.129 e. The standard InChI is InChI=1S/C12H10ClN/c13-12-8-4-7-11(14-12)9-10-5-2-1-3-6-10/h1-8H,9H2. The molecule has 0 fully saturated rings. The van der Waals surface area contributed by atoms with Crippen molar-refractivity contribution in [1.82, 2.24) is 4.98 Å². The molecule has 2 rings (SSSR count). The van der Waals surface area contributed by atoms with Gasteiger partial charge in [0.1, 0.15) is 5.15 Å². The van der Waals surface area contributed by atoms with Crippen molar-refractivity contribution in [3.8, 4) is 0 Å². The molecule has 0 aliphatic carbocycles. The molecule has 0 saturated heterocycles. The van der Waals surface area contributed by atoms with E-state index < -0.39 is 0 Å². The molecule has 1 heterocycles. The van der Waals surface area contributed by atoms with Gasteiger partial charge in [0.15, 0.2) is 0 Å². The van der Waals surface area contributed by atoms with Crippen molar-refractivity contribution in [3.05, 3.63) is 64.9 Å². The summed E-state index contributed by atoms with van der Waals surface area (Å²) in [6.07, 6.45) is 0.835. The maximum atomic E-state index is 5.80. The van der Waals surface area contributed by atoms with Crippen LogP contribution in [0.25, 0.3) is 0 Å². The Kier molecular flexibility index (Phi) is 2.80. The van der Waals surface area contributed by atoms with E-state index in [1.165, 1.54) is 5.56 Å². The molecule has 0 radical (unpaired) electrons. The lowest BCUT2D eigenvalue weighted by Gasteiger charge is -2.00. The molecule has 2 heteroatoms. The lowest BCUT2D eigenvalue weighted by molar-refractivity contribution is 1.07. The summed E-state index contributed by atoms with van der Waals surface area (Å²) < 4.78 is 0. The second-order valence-corrected chi connectivity index (χ2v) is 3.50. The molecule has 0 bridgehead atoms. The van der Waals surface area contributed by atoms with E-state index in [-0.39, 0.29) is 0 Å². The van der Waals surface area contributed by atoms with Gasteiger partial charge in [0.2, 0.25) is 0 Å². The van der Waals surface area contributed by atoms with Crippen LogP contribution in [0, 0.1) is 0 Å². The summed E-state index contributed by atoms with van der Waals surface area (Å²) in [7, 11) is 0. The van der Waals surface area contributed by atoms with E-state index in [4.69, 9.17) is 11.6 Å². The summed E-state index contributed by atoms with van der Waals surface area (Å²) >= 11 is 5.80. The van der Waals surface area contributed by atoms with Crippen LogP contribution in [0.5, 0.6) is 0 Å². The average Bonchev–Trinajstić information content (AvgIpc) is 2.19. The minimum Gasteiger partial charge on any atom is -0.241 e. The zero-order chi connectivity index (χ0) is 9.80. The van der Waals surface area contributed by atoms with Crippen LogP contribution in [-0.4, -0.2) is 4.98 Å². The van der Waals surface area contributed by atoms with Crippen molar-refractivity contribution in [1.29, 1.82) is 0 Å². The molecule has 0 atom stereocenters. The smallest absolute Gasteiger partial charge is 0.129 e. The lowest BCUT2D eigenvalue weighted by Crippen LogP contribution is -1.91. The zero-order valence-electron chi connectivity index (χ0n) is 7.65. The fourth-order valence-electron chi connectivity index (χ4n) is 1.35. The summed E-state index contributed by atoms with van der Waals surface area (Å²) in [5.74, 6) is 0. The number of pyridine rings is 1. The number of aromatic nitrogens is 1. The predicted octanol–water partition coefficient (Wildman–Crippen LogP) is 3.33.